The fourth-order valence-corrected chi connectivity index (χ4v) is 3.70. The molecule has 2 heterocycles. The first kappa shape index (κ1) is 18.9. The molecule has 0 bridgehead atoms. The molecule has 6 nitrogen and oxygen atoms in total. The van der Waals surface area contributed by atoms with Crippen LogP contribution < -0.4 is 5.73 Å². The molecule has 2 aromatic rings. The van der Waals surface area contributed by atoms with E-state index >= 15 is 0 Å². The molecular weight excluding hydrogens is 373 g/mol. The van der Waals surface area contributed by atoms with Crippen molar-refractivity contribution >= 4 is 5.91 Å². The van der Waals surface area contributed by atoms with Crippen LogP contribution in [0.25, 0.3) is 0 Å². The molecule has 0 atom stereocenters. The first-order chi connectivity index (χ1) is 13.3. The van der Waals surface area contributed by atoms with Gasteiger partial charge in [0.15, 0.2) is 5.82 Å². The number of rotatable bonds is 3. The van der Waals surface area contributed by atoms with Crippen LogP contribution in [0.1, 0.15) is 65.7 Å². The number of hydrogen-bond acceptors (Lipinski definition) is 5. The van der Waals surface area contributed by atoms with Crippen LogP contribution in [0, 0.1) is 0 Å². The van der Waals surface area contributed by atoms with Gasteiger partial charge >= 0.3 is 6.18 Å². The SMILES string of the molecule is NC1(c2noc(C3CCN(C(=O)c4ccc(C(F)(F)F)cc4)CC3)n2)CCC1. The second-order valence-corrected chi connectivity index (χ2v) is 7.61. The van der Waals surface area contributed by atoms with Gasteiger partial charge in [0.1, 0.15) is 0 Å². The zero-order valence-corrected chi connectivity index (χ0v) is 15.2. The number of carbonyl (C=O) groups is 1. The smallest absolute Gasteiger partial charge is 0.339 e. The maximum Gasteiger partial charge on any atom is 0.416 e. The maximum absolute atomic E-state index is 12.7. The monoisotopic (exact) mass is 394 g/mol. The van der Waals surface area contributed by atoms with Gasteiger partial charge in [-0.1, -0.05) is 5.16 Å². The lowest BCUT2D eigenvalue weighted by atomic mass is 9.77. The van der Waals surface area contributed by atoms with Crippen molar-refractivity contribution in [3.05, 3.63) is 47.1 Å². The molecule has 28 heavy (non-hydrogen) atoms. The van der Waals surface area contributed by atoms with Gasteiger partial charge in [0.25, 0.3) is 5.91 Å². The Labute approximate surface area is 159 Å². The summed E-state index contributed by atoms with van der Waals surface area (Å²) in [5, 5.41) is 4.03. The molecule has 2 N–H and O–H groups in total. The van der Waals surface area contributed by atoms with Crippen LogP contribution >= 0.6 is 0 Å². The summed E-state index contributed by atoms with van der Waals surface area (Å²) in [6.45, 7) is 0.964. The number of likely N-dealkylation sites (tertiary alicyclic amines) is 1. The molecule has 1 saturated carbocycles. The van der Waals surface area contributed by atoms with E-state index in [1.54, 1.807) is 4.90 Å². The molecule has 0 radical (unpaired) electrons. The fourth-order valence-electron chi connectivity index (χ4n) is 3.70. The molecule has 9 heteroatoms. The highest BCUT2D eigenvalue weighted by Crippen LogP contribution is 2.38. The summed E-state index contributed by atoms with van der Waals surface area (Å²) in [6, 6.07) is 4.31. The average molecular weight is 394 g/mol. The zero-order chi connectivity index (χ0) is 19.9. The number of benzene rings is 1. The summed E-state index contributed by atoms with van der Waals surface area (Å²) in [6.07, 6.45) is -0.329. The van der Waals surface area contributed by atoms with E-state index in [1.807, 2.05) is 0 Å². The van der Waals surface area contributed by atoms with Crippen LogP contribution in [-0.2, 0) is 11.7 Å². The number of hydrogen-bond donors (Lipinski definition) is 1. The summed E-state index contributed by atoms with van der Waals surface area (Å²) in [7, 11) is 0. The van der Waals surface area contributed by atoms with Crippen molar-refractivity contribution in [2.45, 2.75) is 49.7 Å². The van der Waals surface area contributed by atoms with Crippen molar-refractivity contribution in [2.24, 2.45) is 5.73 Å². The largest absolute Gasteiger partial charge is 0.416 e. The molecular formula is C19H21F3N4O2. The van der Waals surface area contributed by atoms with E-state index in [4.69, 9.17) is 10.3 Å². The number of piperidine rings is 1. The van der Waals surface area contributed by atoms with Crippen molar-refractivity contribution in [2.75, 3.05) is 13.1 Å². The molecule has 150 valence electrons. The van der Waals surface area contributed by atoms with Gasteiger partial charge in [-0.3, -0.25) is 4.79 Å². The Morgan fingerprint density at radius 3 is 2.36 bits per heavy atom. The predicted molar refractivity (Wildman–Crippen MR) is 93.3 cm³/mol. The van der Waals surface area contributed by atoms with Gasteiger partial charge in [0, 0.05) is 24.6 Å². The number of carbonyl (C=O) groups excluding carboxylic acids is 1. The first-order valence-corrected chi connectivity index (χ1v) is 9.36. The van der Waals surface area contributed by atoms with E-state index in [0.717, 1.165) is 31.4 Å². The third-order valence-corrected chi connectivity index (χ3v) is 5.72. The lowest BCUT2D eigenvalue weighted by Gasteiger charge is -2.34. The Bertz CT molecular complexity index is 851. The van der Waals surface area contributed by atoms with Crippen LogP contribution in [0.15, 0.2) is 28.8 Å². The van der Waals surface area contributed by atoms with Gasteiger partial charge < -0.3 is 15.2 Å². The minimum atomic E-state index is -4.41. The minimum Gasteiger partial charge on any atom is -0.339 e. The Morgan fingerprint density at radius 1 is 1.18 bits per heavy atom. The third kappa shape index (κ3) is 3.50. The second kappa shape index (κ2) is 6.88. The molecule has 1 saturated heterocycles. The molecule has 1 aromatic heterocycles. The fraction of sp³-hybridized carbons (Fsp3) is 0.526. The molecule has 0 unspecified atom stereocenters. The van der Waals surface area contributed by atoms with Crippen LogP contribution in [0.3, 0.4) is 0 Å². The summed E-state index contributed by atoms with van der Waals surface area (Å²) in [4.78, 5) is 18.7. The minimum absolute atomic E-state index is 0.0570. The number of nitrogens with zero attached hydrogens (tertiary/aromatic N) is 3. The number of alkyl halides is 3. The van der Waals surface area contributed by atoms with Gasteiger partial charge in [0.2, 0.25) is 5.89 Å². The molecule has 1 aliphatic carbocycles. The van der Waals surface area contributed by atoms with Crippen LogP contribution in [0.4, 0.5) is 13.2 Å². The Morgan fingerprint density at radius 2 is 1.82 bits per heavy atom. The van der Waals surface area contributed by atoms with E-state index in [0.29, 0.717) is 37.6 Å². The van der Waals surface area contributed by atoms with Crippen molar-refractivity contribution in [1.82, 2.24) is 15.0 Å². The Kier molecular flexibility index (Phi) is 4.65. The molecule has 2 fully saturated rings. The van der Waals surface area contributed by atoms with Gasteiger partial charge in [-0.2, -0.15) is 18.2 Å². The molecule has 1 aliphatic heterocycles. The highest BCUT2D eigenvalue weighted by Gasteiger charge is 2.40. The number of amides is 1. The summed E-state index contributed by atoms with van der Waals surface area (Å²) >= 11 is 0. The lowest BCUT2D eigenvalue weighted by Crippen LogP contribution is -2.44. The highest BCUT2D eigenvalue weighted by atomic mass is 19.4. The molecule has 1 amide bonds. The van der Waals surface area contributed by atoms with Crippen LogP contribution in [0.2, 0.25) is 0 Å². The van der Waals surface area contributed by atoms with Gasteiger partial charge in [0.05, 0.1) is 11.1 Å². The maximum atomic E-state index is 12.7. The quantitative estimate of drug-likeness (QED) is 0.862. The lowest BCUT2D eigenvalue weighted by molar-refractivity contribution is -0.137. The number of halogens is 3. The average Bonchev–Trinajstić information content (AvgIpc) is 3.15. The van der Waals surface area contributed by atoms with Gasteiger partial charge in [-0.15, -0.1) is 0 Å². The highest BCUT2D eigenvalue weighted by molar-refractivity contribution is 5.94. The first-order valence-electron chi connectivity index (χ1n) is 9.36. The van der Waals surface area contributed by atoms with Gasteiger partial charge in [-0.25, -0.2) is 0 Å². The normalized spacial score (nSPS) is 20.1. The molecule has 0 spiro atoms. The Hall–Kier alpha value is -2.42. The topological polar surface area (TPSA) is 85.2 Å². The van der Waals surface area contributed by atoms with Crippen molar-refractivity contribution in [3.8, 4) is 0 Å². The third-order valence-electron chi connectivity index (χ3n) is 5.72. The zero-order valence-electron chi connectivity index (χ0n) is 15.2. The van der Waals surface area contributed by atoms with E-state index in [1.165, 1.54) is 12.1 Å². The Balaban J connectivity index is 1.37. The summed E-state index contributed by atoms with van der Waals surface area (Å²) in [5.74, 6) is 0.890. The summed E-state index contributed by atoms with van der Waals surface area (Å²) < 4.78 is 43.4. The molecule has 4 rings (SSSR count). The summed E-state index contributed by atoms with van der Waals surface area (Å²) in [5.41, 5.74) is 5.24. The van der Waals surface area contributed by atoms with Gasteiger partial charge in [-0.05, 0) is 56.4 Å². The molecule has 2 aliphatic rings. The van der Waals surface area contributed by atoms with E-state index in [-0.39, 0.29) is 17.4 Å². The van der Waals surface area contributed by atoms with E-state index in [9.17, 15) is 18.0 Å². The van der Waals surface area contributed by atoms with Crippen molar-refractivity contribution in [3.63, 3.8) is 0 Å². The van der Waals surface area contributed by atoms with E-state index < -0.39 is 17.3 Å². The van der Waals surface area contributed by atoms with Crippen LogP contribution in [0.5, 0.6) is 0 Å². The molecule has 1 aromatic carbocycles. The van der Waals surface area contributed by atoms with Crippen molar-refractivity contribution in [1.29, 1.82) is 0 Å². The van der Waals surface area contributed by atoms with Crippen molar-refractivity contribution < 1.29 is 22.5 Å². The standard InChI is InChI=1S/C19H21F3N4O2/c20-19(21,22)14-4-2-13(3-5-14)16(27)26-10-6-12(7-11-26)15-24-17(25-28-15)18(23)8-1-9-18/h2-5,12H,1,6-11,23H2. The number of aromatic nitrogens is 2. The predicted octanol–water partition coefficient (Wildman–Crippen LogP) is 3.45. The number of nitrogens with two attached hydrogens (primary N) is 1. The van der Waals surface area contributed by atoms with Crippen LogP contribution in [-0.4, -0.2) is 34.0 Å². The van der Waals surface area contributed by atoms with E-state index in [2.05, 4.69) is 10.1 Å². The second-order valence-electron chi connectivity index (χ2n) is 7.61.